The molecule has 16 heavy (non-hydrogen) atoms. The van der Waals surface area contributed by atoms with Gasteiger partial charge in [0, 0.05) is 19.2 Å². The van der Waals surface area contributed by atoms with Crippen LogP contribution in [-0.4, -0.2) is 34.1 Å². The summed E-state index contributed by atoms with van der Waals surface area (Å²) in [6, 6.07) is 1.78. The molecule has 0 aliphatic carbocycles. The van der Waals surface area contributed by atoms with Crippen LogP contribution in [0.3, 0.4) is 0 Å². The van der Waals surface area contributed by atoms with Crippen LogP contribution in [0.1, 0.15) is 31.3 Å². The van der Waals surface area contributed by atoms with E-state index in [9.17, 15) is 4.79 Å². The van der Waals surface area contributed by atoms with E-state index in [1.54, 1.807) is 0 Å². The zero-order valence-electron chi connectivity index (χ0n) is 10.0. The molecule has 0 aliphatic heterocycles. The molecule has 0 amide bonds. The summed E-state index contributed by atoms with van der Waals surface area (Å²) in [6.45, 7) is 6.30. The van der Waals surface area contributed by atoms with Crippen molar-refractivity contribution in [3.05, 3.63) is 18.1 Å². The van der Waals surface area contributed by atoms with E-state index in [4.69, 9.17) is 5.11 Å². The summed E-state index contributed by atoms with van der Waals surface area (Å²) < 4.78 is 0. The van der Waals surface area contributed by atoms with Crippen molar-refractivity contribution in [2.24, 2.45) is 5.92 Å². The number of aromatic nitrogens is 2. The van der Waals surface area contributed by atoms with Crippen LogP contribution in [0, 0.1) is 5.92 Å². The lowest BCUT2D eigenvalue weighted by Gasteiger charge is -2.28. The fraction of sp³-hybridized carbons (Fsp3) is 0.545. The first-order valence-electron chi connectivity index (χ1n) is 5.21. The molecule has 0 saturated heterocycles. The van der Waals surface area contributed by atoms with Crippen molar-refractivity contribution >= 4 is 11.8 Å². The van der Waals surface area contributed by atoms with Crippen LogP contribution in [-0.2, 0) is 0 Å². The van der Waals surface area contributed by atoms with Gasteiger partial charge in [-0.3, -0.25) is 0 Å². The highest BCUT2D eigenvalue weighted by Gasteiger charge is 2.16. The van der Waals surface area contributed by atoms with Gasteiger partial charge in [-0.15, -0.1) is 0 Å². The Labute approximate surface area is 95.1 Å². The summed E-state index contributed by atoms with van der Waals surface area (Å²) in [5, 5.41) is 8.83. The maximum absolute atomic E-state index is 10.8. The molecule has 1 N–H and O–H groups in total. The predicted octanol–water partition coefficient (Wildman–Crippen LogP) is 1.66. The van der Waals surface area contributed by atoms with Gasteiger partial charge in [-0.2, -0.15) is 0 Å². The normalized spacial score (nSPS) is 12.6. The molecular weight excluding hydrogens is 206 g/mol. The van der Waals surface area contributed by atoms with Crippen molar-refractivity contribution in [2.45, 2.75) is 26.8 Å². The molecule has 1 aromatic rings. The van der Waals surface area contributed by atoms with Crippen LogP contribution in [0.15, 0.2) is 12.4 Å². The van der Waals surface area contributed by atoms with E-state index in [1.807, 2.05) is 11.9 Å². The van der Waals surface area contributed by atoms with Crippen LogP contribution in [0.2, 0.25) is 0 Å². The number of rotatable bonds is 4. The summed E-state index contributed by atoms with van der Waals surface area (Å²) in [5.41, 5.74) is 0.0211. The van der Waals surface area contributed by atoms with E-state index in [-0.39, 0.29) is 11.7 Å². The average Bonchev–Trinajstić information content (AvgIpc) is 2.27. The molecule has 0 spiro atoms. The number of hydrogen-bond acceptors (Lipinski definition) is 4. The molecule has 5 heteroatoms. The lowest BCUT2D eigenvalue weighted by Crippen LogP contribution is -2.33. The lowest BCUT2D eigenvalue weighted by atomic mass is 10.1. The Morgan fingerprint density at radius 1 is 1.38 bits per heavy atom. The standard InChI is InChI=1S/C11H17N3O2/c1-7(2)8(3)14(4)10-5-9(11(15)16)12-6-13-10/h5-8H,1-4H3,(H,15,16). The van der Waals surface area contributed by atoms with Crippen LogP contribution in [0.25, 0.3) is 0 Å². The summed E-state index contributed by atoms with van der Waals surface area (Å²) in [6.07, 6.45) is 1.28. The van der Waals surface area contributed by atoms with Crippen molar-refractivity contribution < 1.29 is 9.90 Å². The van der Waals surface area contributed by atoms with Gasteiger partial charge in [0.05, 0.1) is 0 Å². The van der Waals surface area contributed by atoms with Gasteiger partial charge in [0.1, 0.15) is 12.1 Å². The number of carboxylic acid groups (broad SMARTS) is 1. The van der Waals surface area contributed by atoms with Crippen LogP contribution < -0.4 is 4.90 Å². The minimum absolute atomic E-state index is 0.0211. The third-order valence-electron chi connectivity index (χ3n) is 2.81. The number of aromatic carboxylic acids is 1. The van der Waals surface area contributed by atoms with Crippen molar-refractivity contribution in [3.63, 3.8) is 0 Å². The molecule has 0 saturated carbocycles. The fourth-order valence-corrected chi connectivity index (χ4v) is 1.31. The molecule has 0 fully saturated rings. The summed E-state index contributed by atoms with van der Waals surface area (Å²) in [7, 11) is 1.90. The molecule has 1 heterocycles. The van der Waals surface area contributed by atoms with E-state index >= 15 is 0 Å². The fourth-order valence-electron chi connectivity index (χ4n) is 1.31. The highest BCUT2D eigenvalue weighted by Crippen LogP contribution is 2.16. The van der Waals surface area contributed by atoms with E-state index < -0.39 is 5.97 Å². The van der Waals surface area contributed by atoms with Gasteiger partial charge >= 0.3 is 5.97 Å². The van der Waals surface area contributed by atoms with Crippen molar-refractivity contribution in [3.8, 4) is 0 Å². The Kier molecular flexibility index (Phi) is 3.82. The van der Waals surface area contributed by atoms with Gasteiger partial charge in [-0.25, -0.2) is 14.8 Å². The van der Waals surface area contributed by atoms with Gasteiger partial charge in [-0.05, 0) is 12.8 Å². The van der Waals surface area contributed by atoms with Crippen LogP contribution in [0.5, 0.6) is 0 Å². The second-order valence-electron chi connectivity index (χ2n) is 4.16. The number of carbonyl (C=O) groups is 1. The van der Waals surface area contributed by atoms with E-state index in [1.165, 1.54) is 12.4 Å². The van der Waals surface area contributed by atoms with Gasteiger partial charge < -0.3 is 10.0 Å². The molecule has 1 rings (SSSR count). The smallest absolute Gasteiger partial charge is 0.354 e. The zero-order chi connectivity index (χ0) is 12.3. The third-order valence-corrected chi connectivity index (χ3v) is 2.81. The SMILES string of the molecule is CC(C)C(C)N(C)c1cc(C(=O)O)ncn1. The van der Waals surface area contributed by atoms with Crippen molar-refractivity contribution in [2.75, 3.05) is 11.9 Å². The predicted molar refractivity (Wildman–Crippen MR) is 61.7 cm³/mol. The molecule has 88 valence electrons. The second-order valence-corrected chi connectivity index (χ2v) is 4.16. The average molecular weight is 223 g/mol. The number of nitrogens with zero attached hydrogens (tertiary/aromatic N) is 3. The minimum atomic E-state index is -1.03. The second kappa shape index (κ2) is 4.92. The van der Waals surface area contributed by atoms with E-state index in [0.717, 1.165) is 0 Å². The number of anilines is 1. The molecule has 0 bridgehead atoms. The largest absolute Gasteiger partial charge is 0.477 e. The van der Waals surface area contributed by atoms with Gasteiger partial charge in [0.25, 0.3) is 0 Å². The first-order valence-corrected chi connectivity index (χ1v) is 5.21. The molecule has 0 aromatic carbocycles. The summed E-state index contributed by atoms with van der Waals surface area (Å²) in [4.78, 5) is 20.5. The third kappa shape index (κ3) is 2.68. The zero-order valence-corrected chi connectivity index (χ0v) is 10.0. The first kappa shape index (κ1) is 12.4. The molecular formula is C11H17N3O2. The van der Waals surface area contributed by atoms with E-state index in [0.29, 0.717) is 11.7 Å². The topological polar surface area (TPSA) is 66.3 Å². The Morgan fingerprint density at radius 2 is 2.00 bits per heavy atom. The van der Waals surface area contributed by atoms with Crippen LogP contribution in [0.4, 0.5) is 5.82 Å². The number of carboxylic acids is 1. The highest BCUT2D eigenvalue weighted by atomic mass is 16.4. The molecule has 0 aliphatic rings. The molecule has 1 atom stereocenters. The Hall–Kier alpha value is -1.65. The minimum Gasteiger partial charge on any atom is -0.477 e. The maximum Gasteiger partial charge on any atom is 0.354 e. The lowest BCUT2D eigenvalue weighted by molar-refractivity contribution is 0.0690. The summed E-state index contributed by atoms with van der Waals surface area (Å²) in [5.74, 6) is 0.0658. The highest BCUT2D eigenvalue weighted by molar-refractivity contribution is 5.86. The molecule has 0 radical (unpaired) electrons. The Morgan fingerprint density at radius 3 is 2.50 bits per heavy atom. The summed E-state index contributed by atoms with van der Waals surface area (Å²) >= 11 is 0. The monoisotopic (exact) mass is 223 g/mol. The van der Waals surface area contributed by atoms with Gasteiger partial charge in [-0.1, -0.05) is 13.8 Å². The van der Waals surface area contributed by atoms with Crippen molar-refractivity contribution in [1.29, 1.82) is 0 Å². The Balaban J connectivity index is 2.95. The quantitative estimate of drug-likeness (QED) is 0.840. The van der Waals surface area contributed by atoms with Crippen molar-refractivity contribution in [1.82, 2.24) is 9.97 Å². The molecule has 5 nitrogen and oxygen atoms in total. The van der Waals surface area contributed by atoms with Gasteiger partial charge in [0.2, 0.25) is 0 Å². The van der Waals surface area contributed by atoms with E-state index in [2.05, 4.69) is 30.7 Å². The Bertz CT molecular complexity index is 379. The molecule has 1 aromatic heterocycles. The molecule has 1 unspecified atom stereocenters. The maximum atomic E-state index is 10.8. The van der Waals surface area contributed by atoms with Crippen LogP contribution >= 0.6 is 0 Å². The van der Waals surface area contributed by atoms with Gasteiger partial charge in [0.15, 0.2) is 5.69 Å². The number of hydrogen-bond donors (Lipinski definition) is 1. The first-order chi connectivity index (χ1) is 7.43.